The molecule has 0 spiro atoms. The fraction of sp³-hybridized carbons (Fsp3) is 0.500. The van der Waals surface area contributed by atoms with E-state index >= 15 is 0 Å². The molecule has 80 valence electrons. The van der Waals surface area contributed by atoms with Gasteiger partial charge < -0.3 is 10.6 Å². The summed E-state index contributed by atoms with van der Waals surface area (Å²) in [5.74, 6) is -0.0463. The van der Waals surface area contributed by atoms with Gasteiger partial charge in [0.05, 0.1) is 6.20 Å². The first kappa shape index (κ1) is 10.0. The molecule has 1 saturated heterocycles. The maximum absolute atomic E-state index is 11.9. The molecule has 0 radical (unpaired) electrons. The number of nitrogens with zero attached hydrogens (tertiary/aromatic N) is 3. The van der Waals surface area contributed by atoms with Crippen molar-refractivity contribution in [1.29, 1.82) is 0 Å². The molecule has 0 unspecified atom stereocenters. The van der Waals surface area contributed by atoms with Crippen LogP contribution < -0.4 is 5.73 Å². The number of amides is 1. The lowest BCUT2D eigenvalue weighted by atomic mass is 10.1. The highest BCUT2D eigenvalue weighted by atomic mass is 16.2. The first-order valence-corrected chi connectivity index (χ1v) is 5.08. The summed E-state index contributed by atoms with van der Waals surface area (Å²) in [5, 5.41) is 0. The normalized spacial score (nSPS) is 17.8. The van der Waals surface area contributed by atoms with Crippen molar-refractivity contribution < 1.29 is 4.79 Å². The molecule has 1 aromatic heterocycles. The van der Waals surface area contributed by atoms with E-state index in [1.807, 2.05) is 0 Å². The highest BCUT2D eigenvalue weighted by Crippen LogP contribution is 2.10. The van der Waals surface area contributed by atoms with Crippen molar-refractivity contribution in [3.8, 4) is 0 Å². The van der Waals surface area contributed by atoms with Crippen LogP contribution in [0, 0.1) is 0 Å². The SMILES string of the molecule is NC1CCN(C(=O)c2cnccn2)CC1. The number of hydrogen-bond donors (Lipinski definition) is 1. The number of rotatable bonds is 1. The average molecular weight is 206 g/mol. The van der Waals surface area contributed by atoms with Crippen molar-refractivity contribution in [3.05, 3.63) is 24.3 Å². The molecule has 1 fully saturated rings. The molecule has 2 heterocycles. The Morgan fingerprint density at radius 3 is 2.73 bits per heavy atom. The van der Waals surface area contributed by atoms with E-state index in [0.29, 0.717) is 5.69 Å². The monoisotopic (exact) mass is 206 g/mol. The first-order chi connectivity index (χ1) is 7.27. The summed E-state index contributed by atoms with van der Waals surface area (Å²) in [6.45, 7) is 1.44. The van der Waals surface area contributed by atoms with E-state index in [-0.39, 0.29) is 11.9 Å². The highest BCUT2D eigenvalue weighted by molar-refractivity contribution is 5.92. The molecule has 1 amide bonds. The molecule has 5 nitrogen and oxygen atoms in total. The van der Waals surface area contributed by atoms with Crippen molar-refractivity contribution >= 4 is 5.91 Å². The van der Waals surface area contributed by atoms with Gasteiger partial charge in [0.2, 0.25) is 0 Å². The molecule has 1 aliphatic rings. The number of piperidine rings is 1. The second kappa shape index (κ2) is 4.35. The van der Waals surface area contributed by atoms with Crippen molar-refractivity contribution in [1.82, 2.24) is 14.9 Å². The molecule has 0 aromatic carbocycles. The summed E-state index contributed by atoms with van der Waals surface area (Å²) in [7, 11) is 0. The van der Waals surface area contributed by atoms with E-state index in [2.05, 4.69) is 9.97 Å². The summed E-state index contributed by atoms with van der Waals surface area (Å²) >= 11 is 0. The zero-order valence-electron chi connectivity index (χ0n) is 8.47. The maximum atomic E-state index is 11.9. The second-order valence-corrected chi connectivity index (χ2v) is 3.72. The van der Waals surface area contributed by atoms with Gasteiger partial charge in [0.1, 0.15) is 5.69 Å². The lowest BCUT2D eigenvalue weighted by Crippen LogP contribution is -2.43. The van der Waals surface area contributed by atoms with Crippen molar-refractivity contribution in [2.24, 2.45) is 5.73 Å². The van der Waals surface area contributed by atoms with Gasteiger partial charge in [0.15, 0.2) is 0 Å². The zero-order chi connectivity index (χ0) is 10.7. The highest BCUT2D eigenvalue weighted by Gasteiger charge is 2.22. The number of carbonyl (C=O) groups is 1. The zero-order valence-corrected chi connectivity index (χ0v) is 8.47. The number of likely N-dealkylation sites (tertiary alicyclic amines) is 1. The predicted octanol–water partition coefficient (Wildman–Crippen LogP) is 0.0399. The van der Waals surface area contributed by atoms with Crippen LogP contribution in [-0.4, -0.2) is 39.9 Å². The lowest BCUT2D eigenvalue weighted by molar-refractivity contribution is 0.0708. The van der Waals surface area contributed by atoms with Crippen LogP contribution in [0.5, 0.6) is 0 Å². The van der Waals surface area contributed by atoms with Crippen LogP contribution in [0.25, 0.3) is 0 Å². The summed E-state index contributed by atoms with van der Waals surface area (Å²) < 4.78 is 0. The number of nitrogens with two attached hydrogens (primary N) is 1. The van der Waals surface area contributed by atoms with E-state index in [4.69, 9.17) is 5.73 Å². The van der Waals surface area contributed by atoms with Crippen LogP contribution in [0.2, 0.25) is 0 Å². The summed E-state index contributed by atoms with van der Waals surface area (Å²) in [4.78, 5) is 21.5. The first-order valence-electron chi connectivity index (χ1n) is 5.08. The van der Waals surface area contributed by atoms with E-state index < -0.39 is 0 Å². The average Bonchev–Trinajstić information content (AvgIpc) is 2.30. The van der Waals surface area contributed by atoms with Gasteiger partial charge in [-0.2, -0.15) is 0 Å². The minimum absolute atomic E-state index is 0.0463. The van der Waals surface area contributed by atoms with Crippen LogP contribution in [0.3, 0.4) is 0 Å². The van der Waals surface area contributed by atoms with Gasteiger partial charge in [-0.05, 0) is 12.8 Å². The summed E-state index contributed by atoms with van der Waals surface area (Å²) in [6, 6.07) is 0.232. The van der Waals surface area contributed by atoms with Gasteiger partial charge in [-0.25, -0.2) is 4.98 Å². The summed E-state index contributed by atoms with van der Waals surface area (Å²) in [6.07, 6.45) is 6.32. The molecular weight excluding hydrogens is 192 g/mol. The quantitative estimate of drug-likeness (QED) is 0.704. The van der Waals surface area contributed by atoms with Crippen molar-refractivity contribution in [2.45, 2.75) is 18.9 Å². The minimum atomic E-state index is -0.0463. The van der Waals surface area contributed by atoms with Crippen LogP contribution >= 0.6 is 0 Å². The Labute approximate surface area is 88.3 Å². The predicted molar refractivity (Wildman–Crippen MR) is 55.1 cm³/mol. The Balaban J connectivity index is 2.03. The third-order valence-corrected chi connectivity index (χ3v) is 2.61. The number of aromatic nitrogens is 2. The van der Waals surface area contributed by atoms with Crippen LogP contribution in [0.4, 0.5) is 0 Å². The van der Waals surface area contributed by atoms with Gasteiger partial charge in [-0.15, -0.1) is 0 Å². The Bertz CT molecular complexity index is 333. The molecule has 2 N–H and O–H groups in total. The van der Waals surface area contributed by atoms with Crippen LogP contribution in [0.15, 0.2) is 18.6 Å². The molecule has 0 aliphatic carbocycles. The molecule has 1 aromatic rings. The molecule has 5 heteroatoms. The van der Waals surface area contributed by atoms with Crippen LogP contribution in [-0.2, 0) is 0 Å². The molecule has 0 saturated carbocycles. The third-order valence-electron chi connectivity index (χ3n) is 2.61. The number of hydrogen-bond acceptors (Lipinski definition) is 4. The topological polar surface area (TPSA) is 72.1 Å². The molecule has 1 aliphatic heterocycles. The van der Waals surface area contributed by atoms with Crippen LogP contribution in [0.1, 0.15) is 23.3 Å². The Hall–Kier alpha value is -1.49. The Morgan fingerprint density at radius 2 is 2.13 bits per heavy atom. The van der Waals surface area contributed by atoms with Gasteiger partial charge in [0, 0.05) is 31.5 Å². The van der Waals surface area contributed by atoms with E-state index in [0.717, 1.165) is 25.9 Å². The Kier molecular flexibility index (Phi) is 2.91. The van der Waals surface area contributed by atoms with E-state index in [9.17, 15) is 4.79 Å². The largest absolute Gasteiger partial charge is 0.337 e. The van der Waals surface area contributed by atoms with E-state index in [1.54, 1.807) is 11.1 Å². The van der Waals surface area contributed by atoms with Gasteiger partial charge in [0.25, 0.3) is 5.91 Å². The standard InChI is InChI=1S/C10H14N4O/c11-8-1-5-14(6-2-8)10(15)9-7-12-3-4-13-9/h3-4,7-8H,1-2,5-6,11H2. The minimum Gasteiger partial charge on any atom is -0.337 e. The third kappa shape index (κ3) is 2.30. The van der Waals surface area contributed by atoms with Gasteiger partial charge in [-0.3, -0.25) is 9.78 Å². The molecule has 0 atom stereocenters. The van der Waals surface area contributed by atoms with Crippen molar-refractivity contribution in [3.63, 3.8) is 0 Å². The molecular formula is C10H14N4O. The van der Waals surface area contributed by atoms with Crippen molar-refractivity contribution in [2.75, 3.05) is 13.1 Å². The van der Waals surface area contributed by atoms with Gasteiger partial charge >= 0.3 is 0 Å². The molecule has 15 heavy (non-hydrogen) atoms. The maximum Gasteiger partial charge on any atom is 0.274 e. The second-order valence-electron chi connectivity index (χ2n) is 3.72. The number of carbonyl (C=O) groups excluding carboxylic acids is 1. The smallest absolute Gasteiger partial charge is 0.274 e. The molecule has 2 rings (SSSR count). The Morgan fingerprint density at radius 1 is 1.40 bits per heavy atom. The fourth-order valence-electron chi connectivity index (χ4n) is 1.67. The van der Waals surface area contributed by atoms with Gasteiger partial charge in [-0.1, -0.05) is 0 Å². The van der Waals surface area contributed by atoms with E-state index in [1.165, 1.54) is 12.4 Å². The lowest BCUT2D eigenvalue weighted by Gasteiger charge is -2.29. The summed E-state index contributed by atoms with van der Waals surface area (Å²) in [5.41, 5.74) is 6.18. The fourth-order valence-corrected chi connectivity index (χ4v) is 1.67. The molecule has 0 bridgehead atoms.